The lowest BCUT2D eigenvalue weighted by Crippen LogP contribution is -2.47. The fraction of sp³-hybridized carbons (Fsp3) is 0.185. The molecule has 6 rings (SSSR count). The molecule has 0 radical (unpaired) electrons. The highest BCUT2D eigenvalue weighted by Crippen LogP contribution is 2.33. The van der Waals surface area contributed by atoms with Gasteiger partial charge in [-0.05, 0) is 29.8 Å². The number of pyridine rings is 1. The van der Waals surface area contributed by atoms with Crippen molar-refractivity contribution in [1.29, 1.82) is 0 Å². The summed E-state index contributed by atoms with van der Waals surface area (Å²) in [5, 5.41) is 6.17. The summed E-state index contributed by atoms with van der Waals surface area (Å²) in [6.07, 6.45) is 1.83. The van der Waals surface area contributed by atoms with Crippen LogP contribution in [-0.4, -0.2) is 50.9 Å². The first-order valence-electron chi connectivity index (χ1n) is 11.9. The molecule has 4 heterocycles. The van der Waals surface area contributed by atoms with E-state index in [2.05, 4.69) is 26.9 Å². The Labute approximate surface area is 214 Å². The van der Waals surface area contributed by atoms with E-state index in [1.54, 1.807) is 4.68 Å². The van der Waals surface area contributed by atoms with E-state index in [0.29, 0.717) is 29.0 Å². The van der Waals surface area contributed by atoms with Gasteiger partial charge in [0.15, 0.2) is 5.65 Å². The Balaban J connectivity index is 1.39. The summed E-state index contributed by atoms with van der Waals surface area (Å²) in [5.74, 6) is 2.17. The Morgan fingerprint density at radius 2 is 1.61 bits per heavy atom. The Morgan fingerprint density at radius 1 is 0.833 bits per heavy atom. The number of nitrogen functional groups attached to an aromatic ring is 1. The second kappa shape index (κ2) is 9.47. The molecule has 9 heteroatoms. The van der Waals surface area contributed by atoms with E-state index in [-0.39, 0.29) is 0 Å². The average Bonchev–Trinajstić information content (AvgIpc) is 3.24. The van der Waals surface area contributed by atoms with E-state index in [0.717, 1.165) is 54.2 Å². The highest BCUT2D eigenvalue weighted by atomic mass is 35.5. The minimum absolute atomic E-state index is 0.537. The van der Waals surface area contributed by atoms with Crippen molar-refractivity contribution >= 4 is 40.2 Å². The maximum Gasteiger partial charge on any atom is 0.228 e. The molecule has 180 valence electrons. The molecule has 2 aromatic carbocycles. The number of hydrogen-bond donors (Lipinski definition) is 1. The lowest BCUT2D eigenvalue weighted by Gasteiger charge is -2.35. The number of aromatic nitrogens is 5. The number of halogens is 1. The Kier molecular flexibility index (Phi) is 5.87. The summed E-state index contributed by atoms with van der Waals surface area (Å²) in [7, 11) is 0. The number of nitrogens with two attached hydrogens (primary N) is 1. The molecule has 0 saturated carbocycles. The molecule has 3 aromatic heterocycles. The number of anilines is 3. The molecule has 36 heavy (non-hydrogen) atoms. The molecule has 1 aliphatic heterocycles. The summed E-state index contributed by atoms with van der Waals surface area (Å²) < 4.78 is 1.80. The van der Waals surface area contributed by atoms with Crippen molar-refractivity contribution in [2.75, 3.05) is 41.7 Å². The zero-order valence-corrected chi connectivity index (χ0v) is 20.4. The quantitative estimate of drug-likeness (QED) is 0.383. The van der Waals surface area contributed by atoms with Gasteiger partial charge in [0, 0.05) is 43.0 Å². The predicted octanol–water partition coefficient (Wildman–Crippen LogP) is 4.50. The van der Waals surface area contributed by atoms with E-state index in [1.807, 2.05) is 66.9 Å². The van der Waals surface area contributed by atoms with Crippen molar-refractivity contribution in [3.63, 3.8) is 0 Å². The van der Waals surface area contributed by atoms with Crippen LogP contribution in [-0.2, 0) is 6.54 Å². The van der Waals surface area contributed by atoms with Gasteiger partial charge in [-0.1, -0.05) is 60.1 Å². The van der Waals surface area contributed by atoms with Crippen LogP contribution in [0.5, 0.6) is 0 Å². The van der Waals surface area contributed by atoms with Gasteiger partial charge in [0.1, 0.15) is 11.6 Å². The first kappa shape index (κ1) is 22.3. The van der Waals surface area contributed by atoms with Gasteiger partial charge >= 0.3 is 0 Å². The minimum Gasteiger partial charge on any atom is -0.383 e. The van der Waals surface area contributed by atoms with E-state index in [4.69, 9.17) is 32.4 Å². The summed E-state index contributed by atoms with van der Waals surface area (Å²) in [6, 6.07) is 23.8. The van der Waals surface area contributed by atoms with Crippen molar-refractivity contribution in [3.05, 3.63) is 89.6 Å². The Bertz CT molecular complexity index is 1500. The van der Waals surface area contributed by atoms with Crippen LogP contribution in [0, 0.1) is 0 Å². The van der Waals surface area contributed by atoms with Crippen molar-refractivity contribution in [1.82, 2.24) is 24.7 Å². The number of hydrogen-bond acceptors (Lipinski definition) is 7. The van der Waals surface area contributed by atoms with Crippen LogP contribution in [0.15, 0.2) is 79.0 Å². The second-order valence-electron chi connectivity index (χ2n) is 8.77. The molecule has 1 fully saturated rings. The fourth-order valence-corrected chi connectivity index (χ4v) is 4.77. The van der Waals surface area contributed by atoms with Crippen LogP contribution < -0.4 is 15.5 Å². The third-order valence-electron chi connectivity index (χ3n) is 6.44. The Morgan fingerprint density at radius 3 is 2.36 bits per heavy atom. The molecule has 0 aliphatic carbocycles. The van der Waals surface area contributed by atoms with Gasteiger partial charge in [0.05, 0.1) is 17.6 Å². The number of benzene rings is 2. The zero-order chi connectivity index (χ0) is 24.5. The van der Waals surface area contributed by atoms with Crippen molar-refractivity contribution < 1.29 is 0 Å². The highest BCUT2D eigenvalue weighted by Gasteiger charge is 2.24. The Hall–Kier alpha value is -4.17. The van der Waals surface area contributed by atoms with Crippen LogP contribution >= 0.6 is 11.6 Å². The molecule has 0 unspecified atom stereocenters. The molecule has 0 atom stereocenters. The van der Waals surface area contributed by atoms with Crippen molar-refractivity contribution in [2.45, 2.75) is 6.54 Å². The topological polar surface area (TPSA) is 89.0 Å². The summed E-state index contributed by atoms with van der Waals surface area (Å²) in [5.41, 5.74) is 9.95. The molecular weight excluding hydrogens is 472 g/mol. The lowest BCUT2D eigenvalue weighted by atomic mass is 10.1. The zero-order valence-electron chi connectivity index (χ0n) is 19.6. The molecular formula is C27H25ClN8. The molecule has 0 bridgehead atoms. The van der Waals surface area contributed by atoms with Crippen LogP contribution in [0.3, 0.4) is 0 Å². The van der Waals surface area contributed by atoms with E-state index in [9.17, 15) is 0 Å². The molecule has 8 nitrogen and oxygen atoms in total. The summed E-state index contributed by atoms with van der Waals surface area (Å²) in [6.45, 7) is 3.76. The maximum atomic E-state index is 6.63. The predicted molar refractivity (Wildman–Crippen MR) is 144 cm³/mol. The van der Waals surface area contributed by atoms with Gasteiger partial charge in [0.2, 0.25) is 5.95 Å². The van der Waals surface area contributed by atoms with Gasteiger partial charge in [0.25, 0.3) is 0 Å². The summed E-state index contributed by atoms with van der Waals surface area (Å²) >= 11 is 6.34. The maximum absolute atomic E-state index is 6.63. The van der Waals surface area contributed by atoms with Crippen LogP contribution in [0.25, 0.3) is 22.3 Å². The van der Waals surface area contributed by atoms with Gasteiger partial charge in [-0.15, -0.1) is 5.10 Å². The normalized spacial score (nSPS) is 13.9. The van der Waals surface area contributed by atoms with Crippen molar-refractivity contribution in [3.8, 4) is 11.3 Å². The third kappa shape index (κ3) is 4.31. The molecule has 1 saturated heterocycles. The number of rotatable bonds is 5. The van der Waals surface area contributed by atoms with Gasteiger partial charge in [-0.3, -0.25) is 0 Å². The number of fused-ring (bicyclic) bond motifs is 1. The molecule has 5 aromatic rings. The number of nitrogens with zero attached hydrogens (tertiary/aromatic N) is 7. The third-order valence-corrected chi connectivity index (χ3v) is 6.67. The van der Waals surface area contributed by atoms with Crippen molar-refractivity contribution in [2.24, 2.45) is 0 Å². The molecule has 2 N–H and O–H groups in total. The SMILES string of the molecule is Nc1c2c(-c3cccc(Cl)c3)nc(N3CCN(c4ccccn4)CC3)nc2nn1Cc1ccccc1. The smallest absolute Gasteiger partial charge is 0.228 e. The fourth-order valence-electron chi connectivity index (χ4n) is 4.58. The first-order chi connectivity index (χ1) is 17.7. The van der Waals surface area contributed by atoms with Gasteiger partial charge < -0.3 is 15.5 Å². The minimum atomic E-state index is 0.537. The lowest BCUT2D eigenvalue weighted by molar-refractivity contribution is 0.635. The molecule has 1 aliphatic rings. The highest BCUT2D eigenvalue weighted by molar-refractivity contribution is 6.30. The van der Waals surface area contributed by atoms with E-state index < -0.39 is 0 Å². The summed E-state index contributed by atoms with van der Waals surface area (Å²) in [4.78, 5) is 18.8. The van der Waals surface area contributed by atoms with Gasteiger partial charge in [-0.25, -0.2) is 14.6 Å². The molecule has 0 spiro atoms. The van der Waals surface area contributed by atoms with Crippen LogP contribution in [0.4, 0.5) is 17.6 Å². The number of piperazine rings is 1. The second-order valence-corrected chi connectivity index (χ2v) is 9.21. The average molecular weight is 497 g/mol. The van der Waals surface area contributed by atoms with Crippen LogP contribution in [0.1, 0.15) is 5.56 Å². The van der Waals surface area contributed by atoms with E-state index >= 15 is 0 Å². The van der Waals surface area contributed by atoms with E-state index in [1.165, 1.54) is 0 Å². The van der Waals surface area contributed by atoms with Crippen LogP contribution in [0.2, 0.25) is 5.02 Å². The first-order valence-corrected chi connectivity index (χ1v) is 12.3. The monoisotopic (exact) mass is 496 g/mol. The molecule has 0 amide bonds. The largest absolute Gasteiger partial charge is 0.383 e. The standard InChI is InChI=1S/C27H25ClN8/c28-21-10-6-9-20(17-21)24-23-25(29)36(18-19-7-2-1-3-8-19)33-26(23)32-27(31-24)35-15-13-34(14-16-35)22-11-4-5-12-30-22/h1-12,17H,13-16,18,29H2. The van der Waals surface area contributed by atoms with Gasteiger partial charge in [-0.2, -0.15) is 4.98 Å².